The summed E-state index contributed by atoms with van der Waals surface area (Å²) in [6.07, 6.45) is 7.79. The van der Waals surface area contributed by atoms with E-state index in [1.807, 2.05) is 11.0 Å². The van der Waals surface area contributed by atoms with E-state index in [1.54, 1.807) is 0 Å². The van der Waals surface area contributed by atoms with Crippen molar-refractivity contribution in [2.45, 2.75) is 69.8 Å². The summed E-state index contributed by atoms with van der Waals surface area (Å²) in [4.78, 5) is 29.9. The van der Waals surface area contributed by atoms with E-state index < -0.39 is 5.09 Å². The minimum atomic E-state index is -0.754. The van der Waals surface area contributed by atoms with Crippen LogP contribution in [0, 0.1) is 15.5 Å². The number of hydrogen-bond donors (Lipinski definition) is 0. The number of ether oxygens (including phenoxy) is 1. The molecule has 0 aromatic heterocycles. The normalized spacial score (nSPS) is 19.3. The maximum Gasteiger partial charge on any atom is 0.294 e. The molecule has 0 unspecified atom stereocenters. The average Bonchev–Trinajstić information content (AvgIpc) is 3.79. The molecule has 2 aliphatic rings. The minimum Gasteiger partial charge on any atom is -0.375 e. The van der Waals surface area contributed by atoms with E-state index in [0.717, 1.165) is 45.3 Å². The second-order valence-corrected chi connectivity index (χ2v) is 12.0. The van der Waals surface area contributed by atoms with Crippen LogP contribution in [0.2, 0.25) is 0 Å². The van der Waals surface area contributed by atoms with Gasteiger partial charge in [-0.05, 0) is 66.2 Å². The summed E-state index contributed by atoms with van der Waals surface area (Å²) >= 11 is 0. The molecule has 7 nitrogen and oxygen atoms in total. The molecule has 1 aliphatic carbocycles. The van der Waals surface area contributed by atoms with Crippen LogP contribution >= 0.6 is 0 Å². The van der Waals surface area contributed by atoms with Crippen LogP contribution in [0.5, 0.6) is 0 Å². The Morgan fingerprint density at radius 3 is 2.36 bits per heavy atom. The van der Waals surface area contributed by atoms with Crippen molar-refractivity contribution in [1.29, 1.82) is 0 Å². The zero-order chi connectivity index (χ0) is 29.2. The third-order valence-electron chi connectivity index (χ3n) is 8.80. The monoisotopic (exact) mass is 570 g/mol. The maximum atomic E-state index is 13.2. The predicted molar refractivity (Wildman–Crippen MR) is 163 cm³/mol. The fraction of sp³-hybridized carbons (Fsp3) is 0.457. The van der Waals surface area contributed by atoms with Crippen LogP contribution in [0.15, 0.2) is 84.9 Å². The first-order valence-electron chi connectivity index (χ1n) is 15.4. The van der Waals surface area contributed by atoms with Crippen molar-refractivity contribution < 1.29 is 19.5 Å². The molecule has 0 bridgehead atoms. The summed E-state index contributed by atoms with van der Waals surface area (Å²) in [5, 5.41) is 9.53. The van der Waals surface area contributed by atoms with Crippen molar-refractivity contribution in [3.8, 4) is 11.1 Å². The molecular formula is C35H42N2O5. The van der Waals surface area contributed by atoms with Crippen molar-refractivity contribution in [2.24, 2.45) is 5.41 Å². The Hall–Kier alpha value is -3.71. The number of hydrogen-bond acceptors (Lipinski definition) is 5. The summed E-state index contributed by atoms with van der Waals surface area (Å²) in [6.45, 7) is 2.17. The molecule has 2 atom stereocenters. The summed E-state index contributed by atoms with van der Waals surface area (Å²) in [5.41, 5.74) is 5.24. The van der Waals surface area contributed by atoms with Crippen molar-refractivity contribution in [3.63, 3.8) is 0 Å². The lowest BCUT2D eigenvalue weighted by Gasteiger charge is -2.39. The highest BCUT2D eigenvalue weighted by molar-refractivity contribution is 5.76. The first-order chi connectivity index (χ1) is 20.5. The lowest BCUT2D eigenvalue weighted by molar-refractivity contribution is -0.757. The fourth-order valence-electron chi connectivity index (χ4n) is 6.16. The molecule has 5 rings (SSSR count). The highest BCUT2D eigenvalue weighted by atomic mass is 16.9. The van der Waals surface area contributed by atoms with Gasteiger partial charge in [0.05, 0.1) is 19.3 Å². The Kier molecular flexibility index (Phi) is 10.2. The average molecular weight is 571 g/mol. The molecular weight excluding hydrogens is 528 g/mol. The van der Waals surface area contributed by atoms with E-state index in [2.05, 4.69) is 83.7 Å². The van der Waals surface area contributed by atoms with Crippen LogP contribution in [0.25, 0.3) is 11.1 Å². The van der Waals surface area contributed by atoms with Gasteiger partial charge in [-0.2, -0.15) is 0 Å². The summed E-state index contributed by atoms with van der Waals surface area (Å²) in [7, 11) is 0. The molecule has 3 aromatic rings. The van der Waals surface area contributed by atoms with Crippen molar-refractivity contribution in [1.82, 2.24) is 4.90 Å². The number of amides is 1. The lowest BCUT2D eigenvalue weighted by atomic mass is 9.85. The summed E-state index contributed by atoms with van der Waals surface area (Å²) in [5.74, 6) is 0.402. The highest BCUT2D eigenvalue weighted by Crippen LogP contribution is 2.49. The molecule has 0 radical (unpaired) electrons. The van der Waals surface area contributed by atoms with Crippen LogP contribution in [0.1, 0.15) is 68.4 Å². The van der Waals surface area contributed by atoms with Gasteiger partial charge in [-0.25, -0.2) is 0 Å². The van der Waals surface area contributed by atoms with Crippen molar-refractivity contribution in [3.05, 3.63) is 106 Å². The fourth-order valence-corrected chi connectivity index (χ4v) is 6.16. The van der Waals surface area contributed by atoms with Gasteiger partial charge < -0.3 is 14.5 Å². The largest absolute Gasteiger partial charge is 0.375 e. The molecule has 42 heavy (non-hydrogen) atoms. The Bertz CT molecular complexity index is 1300. The van der Waals surface area contributed by atoms with Gasteiger partial charge in [-0.1, -0.05) is 97.8 Å². The van der Waals surface area contributed by atoms with E-state index >= 15 is 0 Å². The van der Waals surface area contributed by atoms with Gasteiger partial charge in [0.2, 0.25) is 5.91 Å². The number of unbranched alkanes of at least 4 members (excludes halogenated alkanes) is 3. The topological polar surface area (TPSA) is 81.9 Å². The van der Waals surface area contributed by atoms with Crippen LogP contribution in [-0.4, -0.2) is 48.3 Å². The highest BCUT2D eigenvalue weighted by Gasteiger charge is 2.44. The SMILES string of the molecule is O=C(CCCCCCO[N+](=O)[O-])N1CC[C@H](c2cccc(-c3ccccc3)c2)[C@@H](OCC2(Cc3ccccc3)CC2)C1. The Balaban J connectivity index is 1.22. The standard InChI is InChI=1S/C35H42N2O5/c38-34(18-9-1-2-10-23-42-37(39)40)36-22-19-32(31-17-11-16-30(24-31)29-14-7-4-8-15-29)33(26-36)41-27-35(20-21-35)25-28-12-5-3-6-13-28/h3-8,11-17,24,32-33H,1-2,9-10,18-23,25-27H2/t32-,33+/m1/s1. The molecule has 0 spiro atoms. The second-order valence-electron chi connectivity index (χ2n) is 12.0. The molecule has 2 fully saturated rings. The van der Waals surface area contributed by atoms with Crippen molar-refractivity contribution in [2.75, 3.05) is 26.3 Å². The van der Waals surface area contributed by atoms with Gasteiger partial charge in [-0.15, -0.1) is 10.1 Å². The predicted octanol–water partition coefficient (Wildman–Crippen LogP) is 7.24. The molecule has 1 aliphatic heterocycles. The number of piperidine rings is 1. The van der Waals surface area contributed by atoms with E-state index in [1.165, 1.54) is 35.1 Å². The number of carbonyl (C=O) groups excluding carboxylic acids is 1. The summed E-state index contributed by atoms with van der Waals surface area (Å²) in [6, 6.07) is 30.0. The van der Waals surface area contributed by atoms with Crippen LogP contribution in [-0.2, 0) is 20.8 Å². The smallest absolute Gasteiger partial charge is 0.294 e. The molecule has 7 heteroatoms. The van der Waals surface area contributed by atoms with Gasteiger partial charge in [-0.3, -0.25) is 4.79 Å². The van der Waals surface area contributed by atoms with E-state index in [0.29, 0.717) is 19.4 Å². The van der Waals surface area contributed by atoms with Gasteiger partial charge in [0.25, 0.3) is 5.09 Å². The third-order valence-corrected chi connectivity index (χ3v) is 8.80. The Morgan fingerprint density at radius 2 is 1.62 bits per heavy atom. The minimum absolute atomic E-state index is 0.0544. The van der Waals surface area contributed by atoms with Gasteiger partial charge >= 0.3 is 0 Å². The van der Waals surface area contributed by atoms with Crippen LogP contribution < -0.4 is 0 Å². The molecule has 1 heterocycles. The lowest BCUT2D eigenvalue weighted by Crippen LogP contribution is -2.47. The molecule has 222 valence electrons. The van der Waals surface area contributed by atoms with Gasteiger partial charge in [0.1, 0.15) is 0 Å². The molecule has 1 saturated heterocycles. The first kappa shape index (κ1) is 29.8. The summed E-state index contributed by atoms with van der Waals surface area (Å²) < 4.78 is 6.80. The Morgan fingerprint density at radius 1 is 0.905 bits per heavy atom. The first-order valence-corrected chi connectivity index (χ1v) is 15.4. The second kappa shape index (κ2) is 14.5. The molecule has 1 amide bonds. The van der Waals surface area contributed by atoms with E-state index in [-0.39, 0.29) is 30.0 Å². The van der Waals surface area contributed by atoms with Gasteiger partial charge in [0.15, 0.2) is 0 Å². The number of nitrogens with zero attached hydrogens (tertiary/aromatic N) is 2. The van der Waals surface area contributed by atoms with Crippen LogP contribution in [0.4, 0.5) is 0 Å². The third kappa shape index (κ3) is 8.41. The number of benzene rings is 3. The number of carbonyl (C=O) groups is 1. The number of likely N-dealkylation sites (tertiary alicyclic amines) is 1. The zero-order valence-electron chi connectivity index (χ0n) is 24.4. The Labute approximate surface area is 248 Å². The van der Waals surface area contributed by atoms with Crippen molar-refractivity contribution >= 4 is 5.91 Å². The van der Waals surface area contributed by atoms with Crippen LogP contribution in [0.3, 0.4) is 0 Å². The van der Waals surface area contributed by atoms with E-state index in [9.17, 15) is 14.9 Å². The molecule has 1 saturated carbocycles. The molecule has 0 N–H and O–H groups in total. The quantitative estimate of drug-likeness (QED) is 0.109. The molecule has 3 aromatic carbocycles. The van der Waals surface area contributed by atoms with E-state index in [4.69, 9.17) is 4.74 Å². The zero-order valence-corrected chi connectivity index (χ0v) is 24.4. The number of rotatable bonds is 15. The van der Waals surface area contributed by atoms with Gasteiger partial charge in [0, 0.05) is 25.4 Å². The maximum absolute atomic E-state index is 13.2.